The molecule has 0 saturated carbocycles. The quantitative estimate of drug-likeness (QED) is 0.502. The number of hydrogen-bond acceptors (Lipinski definition) is 7. The molecule has 0 aliphatic heterocycles. The van der Waals surface area contributed by atoms with E-state index in [1.54, 1.807) is 25.3 Å². The molecule has 27 heavy (non-hydrogen) atoms. The lowest BCUT2D eigenvalue weighted by atomic mass is 10.2. The van der Waals surface area contributed by atoms with Crippen molar-refractivity contribution in [3.05, 3.63) is 64.5 Å². The van der Waals surface area contributed by atoms with Crippen molar-refractivity contribution in [2.45, 2.75) is 12.8 Å². The van der Waals surface area contributed by atoms with Gasteiger partial charge in [-0.25, -0.2) is 0 Å². The zero-order valence-corrected chi connectivity index (χ0v) is 14.4. The van der Waals surface area contributed by atoms with Crippen molar-refractivity contribution in [3.63, 3.8) is 0 Å². The van der Waals surface area contributed by atoms with E-state index in [1.807, 2.05) is 12.1 Å². The third kappa shape index (κ3) is 4.27. The molecular weight excluding hydrogens is 352 g/mol. The molecule has 1 heterocycles. The van der Waals surface area contributed by atoms with Crippen LogP contribution in [-0.2, 0) is 11.2 Å². The number of carbonyl (C=O) groups is 1. The van der Waals surface area contributed by atoms with E-state index < -0.39 is 4.92 Å². The summed E-state index contributed by atoms with van der Waals surface area (Å²) in [7, 11) is 1.55. The van der Waals surface area contributed by atoms with Gasteiger partial charge in [-0.15, -0.1) is 0 Å². The molecule has 138 valence electrons. The zero-order chi connectivity index (χ0) is 19.2. The molecule has 2 aromatic carbocycles. The minimum Gasteiger partial charge on any atom is -0.496 e. The van der Waals surface area contributed by atoms with Gasteiger partial charge in [0.05, 0.1) is 17.6 Å². The first-order valence-corrected chi connectivity index (χ1v) is 8.07. The molecule has 0 saturated heterocycles. The predicted molar refractivity (Wildman–Crippen MR) is 96.3 cm³/mol. The van der Waals surface area contributed by atoms with Gasteiger partial charge in [0.15, 0.2) is 0 Å². The van der Waals surface area contributed by atoms with Crippen LogP contribution in [0, 0.1) is 10.1 Å². The molecule has 9 heteroatoms. The summed E-state index contributed by atoms with van der Waals surface area (Å²) in [4.78, 5) is 26.8. The van der Waals surface area contributed by atoms with Gasteiger partial charge < -0.3 is 14.6 Å². The highest BCUT2D eigenvalue weighted by Crippen LogP contribution is 2.27. The van der Waals surface area contributed by atoms with Crippen molar-refractivity contribution in [2.24, 2.45) is 0 Å². The fourth-order valence-electron chi connectivity index (χ4n) is 2.47. The zero-order valence-electron chi connectivity index (χ0n) is 14.4. The Bertz CT molecular complexity index is 970. The number of amides is 1. The molecule has 1 aromatic heterocycles. The average Bonchev–Trinajstić information content (AvgIpc) is 3.15. The topological polar surface area (TPSA) is 120 Å². The SMILES string of the molecule is COc1ccccc1-c1noc(CCC(=O)Nc2ccccc2[N+](=O)[O-])n1. The minimum atomic E-state index is -0.548. The Labute approximate surface area is 154 Å². The molecule has 0 spiro atoms. The Hall–Kier alpha value is -3.75. The molecule has 0 atom stereocenters. The number of para-hydroxylation sites is 3. The van der Waals surface area contributed by atoms with Crippen LogP contribution in [0.25, 0.3) is 11.4 Å². The van der Waals surface area contributed by atoms with Crippen LogP contribution < -0.4 is 10.1 Å². The Kier molecular flexibility index (Phi) is 5.41. The monoisotopic (exact) mass is 368 g/mol. The molecule has 1 amide bonds. The van der Waals surface area contributed by atoms with Crippen molar-refractivity contribution in [3.8, 4) is 17.1 Å². The largest absolute Gasteiger partial charge is 0.496 e. The van der Waals surface area contributed by atoms with Crippen LogP contribution in [0.2, 0.25) is 0 Å². The Morgan fingerprint density at radius 2 is 1.96 bits per heavy atom. The van der Waals surface area contributed by atoms with Crippen molar-refractivity contribution in [1.29, 1.82) is 0 Å². The molecular formula is C18H16N4O5. The van der Waals surface area contributed by atoms with Crippen LogP contribution in [0.3, 0.4) is 0 Å². The third-order valence-corrected chi connectivity index (χ3v) is 3.76. The molecule has 1 N–H and O–H groups in total. The number of benzene rings is 2. The summed E-state index contributed by atoms with van der Waals surface area (Å²) in [5, 5.41) is 17.4. The molecule has 3 rings (SSSR count). The molecule has 0 aliphatic rings. The number of ether oxygens (including phenoxy) is 1. The predicted octanol–water partition coefficient (Wildman–Crippen LogP) is 3.22. The average molecular weight is 368 g/mol. The van der Waals surface area contributed by atoms with Crippen molar-refractivity contribution >= 4 is 17.3 Å². The second-order valence-corrected chi connectivity index (χ2v) is 5.53. The summed E-state index contributed by atoms with van der Waals surface area (Å²) in [5.74, 6) is 0.871. The highest BCUT2D eigenvalue weighted by molar-refractivity contribution is 5.93. The lowest BCUT2D eigenvalue weighted by Crippen LogP contribution is -2.13. The molecule has 9 nitrogen and oxygen atoms in total. The van der Waals surface area contributed by atoms with Crippen molar-refractivity contribution < 1.29 is 19.0 Å². The Morgan fingerprint density at radius 1 is 1.22 bits per heavy atom. The van der Waals surface area contributed by atoms with Gasteiger partial charge in [0.1, 0.15) is 11.4 Å². The maximum atomic E-state index is 12.1. The first kappa shape index (κ1) is 18.1. The highest BCUT2D eigenvalue weighted by atomic mass is 16.6. The van der Waals surface area contributed by atoms with Gasteiger partial charge in [0, 0.05) is 18.9 Å². The lowest BCUT2D eigenvalue weighted by Gasteiger charge is -2.04. The van der Waals surface area contributed by atoms with E-state index in [9.17, 15) is 14.9 Å². The number of nitro groups is 1. The van der Waals surface area contributed by atoms with E-state index in [4.69, 9.17) is 9.26 Å². The van der Waals surface area contributed by atoms with Crippen LogP contribution in [0.5, 0.6) is 5.75 Å². The minimum absolute atomic E-state index is 0.0413. The van der Waals surface area contributed by atoms with E-state index in [2.05, 4.69) is 15.5 Å². The summed E-state index contributed by atoms with van der Waals surface area (Å²) in [6.45, 7) is 0. The maximum absolute atomic E-state index is 12.1. The molecule has 0 fully saturated rings. The van der Waals surface area contributed by atoms with Gasteiger partial charge in [-0.1, -0.05) is 29.4 Å². The number of nitrogens with one attached hydrogen (secondary N) is 1. The standard InChI is InChI=1S/C18H16N4O5/c1-26-15-9-5-2-6-12(15)18-20-17(27-21-18)11-10-16(23)19-13-7-3-4-8-14(13)22(24)25/h2-9H,10-11H2,1H3,(H,19,23). The van der Waals surface area contributed by atoms with Gasteiger partial charge in [-0.3, -0.25) is 14.9 Å². The number of anilines is 1. The molecule has 0 bridgehead atoms. The van der Waals surface area contributed by atoms with Crippen LogP contribution in [0.1, 0.15) is 12.3 Å². The van der Waals surface area contributed by atoms with Crippen LogP contribution >= 0.6 is 0 Å². The van der Waals surface area contributed by atoms with Gasteiger partial charge in [-0.05, 0) is 18.2 Å². The lowest BCUT2D eigenvalue weighted by molar-refractivity contribution is -0.383. The van der Waals surface area contributed by atoms with Gasteiger partial charge in [0.2, 0.25) is 17.6 Å². The van der Waals surface area contributed by atoms with Crippen LogP contribution in [-0.4, -0.2) is 28.1 Å². The van der Waals surface area contributed by atoms with Crippen LogP contribution in [0.15, 0.2) is 53.1 Å². The normalized spacial score (nSPS) is 10.4. The van der Waals surface area contributed by atoms with E-state index in [1.165, 1.54) is 18.2 Å². The smallest absolute Gasteiger partial charge is 0.292 e. The molecule has 3 aromatic rings. The number of aryl methyl sites for hydroxylation is 1. The second kappa shape index (κ2) is 8.09. The number of methoxy groups -OCH3 is 1. The number of hydrogen-bond donors (Lipinski definition) is 1. The summed E-state index contributed by atoms with van der Waals surface area (Å²) >= 11 is 0. The highest BCUT2D eigenvalue weighted by Gasteiger charge is 2.17. The number of rotatable bonds is 7. The third-order valence-electron chi connectivity index (χ3n) is 3.76. The van der Waals surface area contributed by atoms with Crippen molar-refractivity contribution in [2.75, 3.05) is 12.4 Å². The maximum Gasteiger partial charge on any atom is 0.292 e. The van der Waals surface area contributed by atoms with E-state index in [-0.39, 0.29) is 36.0 Å². The molecule has 0 unspecified atom stereocenters. The number of nitro benzene ring substituents is 1. The number of nitrogens with zero attached hydrogens (tertiary/aromatic N) is 3. The van der Waals surface area contributed by atoms with Gasteiger partial charge >= 0.3 is 0 Å². The van der Waals surface area contributed by atoms with Gasteiger partial charge in [-0.2, -0.15) is 4.98 Å². The molecule has 0 radical (unpaired) electrons. The summed E-state index contributed by atoms with van der Waals surface area (Å²) in [6.07, 6.45) is 0.244. The summed E-state index contributed by atoms with van der Waals surface area (Å²) in [6, 6.07) is 13.2. The van der Waals surface area contributed by atoms with E-state index in [0.29, 0.717) is 17.1 Å². The molecule has 0 aliphatic carbocycles. The second-order valence-electron chi connectivity index (χ2n) is 5.53. The van der Waals surface area contributed by atoms with Gasteiger partial charge in [0.25, 0.3) is 5.69 Å². The Balaban J connectivity index is 1.64. The van der Waals surface area contributed by atoms with Crippen LogP contribution in [0.4, 0.5) is 11.4 Å². The fraction of sp³-hybridized carbons (Fsp3) is 0.167. The van der Waals surface area contributed by atoms with E-state index in [0.717, 1.165) is 0 Å². The summed E-state index contributed by atoms with van der Waals surface area (Å²) < 4.78 is 10.4. The van der Waals surface area contributed by atoms with E-state index >= 15 is 0 Å². The Morgan fingerprint density at radius 3 is 2.74 bits per heavy atom. The summed E-state index contributed by atoms with van der Waals surface area (Å²) in [5.41, 5.74) is 0.661. The fourth-order valence-corrected chi connectivity index (χ4v) is 2.47. The first-order chi connectivity index (χ1) is 13.1. The number of aromatic nitrogens is 2. The number of carbonyl (C=O) groups excluding carboxylic acids is 1. The first-order valence-electron chi connectivity index (χ1n) is 8.07. The van der Waals surface area contributed by atoms with Crippen molar-refractivity contribution in [1.82, 2.24) is 10.1 Å².